The maximum absolute atomic E-state index is 12.9. The van der Waals surface area contributed by atoms with E-state index in [4.69, 9.17) is 9.47 Å². The summed E-state index contributed by atoms with van der Waals surface area (Å²) in [4.78, 5) is 24.9. The van der Waals surface area contributed by atoms with Gasteiger partial charge in [-0.25, -0.2) is 4.79 Å². The van der Waals surface area contributed by atoms with Gasteiger partial charge in [-0.2, -0.15) is 0 Å². The van der Waals surface area contributed by atoms with Crippen LogP contribution in [0, 0.1) is 0 Å². The molecule has 0 spiro atoms. The highest BCUT2D eigenvalue weighted by Crippen LogP contribution is 2.27. The molecule has 0 aliphatic rings. The van der Waals surface area contributed by atoms with Crippen LogP contribution in [0.2, 0.25) is 0 Å². The van der Waals surface area contributed by atoms with Crippen molar-refractivity contribution < 1.29 is 24.2 Å². The number of phenols is 1. The number of rotatable bonds is 6. The third kappa shape index (κ3) is 4.72. The summed E-state index contributed by atoms with van der Waals surface area (Å²) in [7, 11) is 0. The number of ketones is 1. The molecular weight excluding hydrogens is 332 g/mol. The number of ether oxygens (including phenoxy) is 2. The van der Waals surface area contributed by atoms with Crippen molar-refractivity contribution in [1.82, 2.24) is 0 Å². The zero-order chi connectivity index (χ0) is 19.3. The summed E-state index contributed by atoms with van der Waals surface area (Å²) in [6.07, 6.45) is 1.42. The Morgan fingerprint density at radius 3 is 2.46 bits per heavy atom. The number of aromatic hydroxyl groups is 1. The second kappa shape index (κ2) is 7.87. The van der Waals surface area contributed by atoms with Gasteiger partial charge in [0.05, 0.1) is 5.56 Å². The Hall–Kier alpha value is -3.08. The fraction of sp³-hybridized carbons (Fsp3) is 0.238. The van der Waals surface area contributed by atoms with Crippen LogP contribution in [-0.4, -0.2) is 29.1 Å². The van der Waals surface area contributed by atoms with Gasteiger partial charge in [0.1, 0.15) is 29.3 Å². The summed E-state index contributed by atoms with van der Waals surface area (Å²) in [5.41, 5.74) is 0.0779. The molecule has 0 saturated heterocycles. The maximum Gasteiger partial charge on any atom is 0.342 e. The second-order valence-electron chi connectivity index (χ2n) is 6.66. The number of hydrogen-bond acceptors (Lipinski definition) is 5. The standard InChI is InChI=1S/C21H22O5/c1-5-12-25-20(24)16-13-14(10-11-17(16)22)19(23)15-8-6-7-9-18(15)26-21(2,3)4/h5-11,13,22H,1,12H2,2-4H3. The van der Waals surface area contributed by atoms with Crippen LogP contribution in [0.5, 0.6) is 11.5 Å². The van der Waals surface area contributed by atoms with Gasteiger partial charge in [0.15, 0.2) is 5.78 Å². The summed E-state index contributed by atoms with van der Waals surface area (Å²) in [6.45, 7) is 9.15. The Morgan fingerprint density at radius 2 is 1.81 bits per heavy atom. The van der Waals surface area contributed by atoms with Gasteiger partial charge in [0.2, 0.25) is 0 Å². The molecular formula is C21H22O5. The van der Waals surface area contributed by atoms with Crippen LogP contribution in [0.25, 0.3) is 0 Å². The van der Waals surface area contributed by atoms with E-state index in [1.54, 1.807) is 24.3 Å². The predicted octanol–water partition coefficient (Wildman–Crippen LogP) is 4.14. The van der Waals surface area contributed by atoms with Gasteiger partial charge in [-0.1, -0.05) is 24.8 Å². The first-order valence-corrected chi connectivity index (χ1v) is 8.16. The van der Waals surface area contributed by atoms with Crippen LogP contribution >= 0.6 is 0 Å². The molecule has 0 aliphatic carbocycles. The lowest BCUT2D eigenvalue weighted by atomic mass is 9.99. The molecule has 5 heteroatoms. The number of benzene rings is 2. The third-order valence-electron chi connectivity index (χ3n) is 3.36. The monoisotopic (exact) mass is 354 g/mol. The minimum atomic E-state index is -0.726. The van der Waals surface area contributed by atoms with E-state index in [0.717, 1.165) is 0 Å². The van der Waals surface area contributed by atoms with E-state index in [2.05, 4.69) is 6.58 Å². The fourth-order valence-corrected chi connectivity index (χ4v) is 2.28. The van der Waals surface area contributed by atoms with Crippen molar-refractivity contribution in [1.29, 1.82) is 0 Å². The van der Waals surface area contributed by atoms with Gasteiger partial charge < -0.3 is 14.6 Å². The number of para-hydroxylation sites is 1. The lowest BCUT2D eigenvalue weighted by molar-refractivity contribution is 0.0546. The first-order valence-electron chi connectivity index (χ1n) is 8.16. The highest BCUT2D eigenvalue weighted by atomic mass is 16.5. The molecule has 0 bridgehead atoms. The van der Waals surface area contributed by atoms with Gasteiger partial charge in [-0.15, -0.1) is 0 Å². The highest BCUT2D eigenvalue weighted by molar-refractivity contribution is 6.11. The average molecular weight is 354 g/mol. The Balaban J connectivity index is 2.39. The van der Waals surface area contributed by atoms with E-state index < -0.39 is 11.6 Å². The average Bonchev–Trinajstić information content (AvgIpc) is 2.58. The molecule has 136 valence electrons. The van der Waals surface area contributed by atoms with E-state index in [0.29, 0.717) is 11.3 Å². The number of esters is 1. The quantitative estimate of drug-likeness (QED) is 0.479. The van der Waals surface area contributed by atoms with Crippen molar-refractivity contribution in [2.24, 2.45) is 0 Å². The van der Waals surface area contributed by atoms with Crippen LogP contribution in [-0.2, 0) is 4.74 Å². The Morgan fingerprint density at radius 1 is 1.12 bits per heavy atom. The van der Waals surface area contributed by atoms with Crippen LogP contribution in [0.15, 0.2) is 55.1 Å². The number of phenolic OH excluding ortho intramolecular Hbond substituents is 1. The molecule has 2 rings (SSSR count). The molecule has 0 amide bonds. The van der Waals surface area contributed by atoms with Gasteiger partial charge in [-0.3, -0.25) is 4.79 Å². The Kier molecular flexibility index (Phi) is 5.82. The van der Waals surface area contributed by atoms with Crippen LogP contribution in [0.4, 0.5) is 0 Å². The third-order valence-corrected chi connectivity index (χ3v) is 3.36. The first kappa shape index (κ1) is 19.2. The maximum atomic E-state index is 12.9. The lowest BCUT2D eigenvalue weighted by Crippen LogP contribution is -2.24. The molecule has 2 aromatic carbocycles. The van der Waals surface area contributed by atoms with Crippen molar-refractivity contribution in [3.8, 4) is 11.5 Å². The molecule has 0 saturated carbocycles. The van der Waals surface area contributed by atoms with Crippen molar-refractivity contribution in [2.45, 2.75) is 26.4 Å². The first-order chi connectivity index (χ1) is 12.2. The van der Waals surface area contributed by atoms with Crippen molar-refractivity contribution in [2.75, 3.05) is 6.61 Å². The van der Waals surface area contributed by atoms with E-state index in [-0.39, 0.29) is 29.3 Å². The molecule has 26 heavy (non-hydrogen) atoms. The predicted molar refractivity (Wildman–Crippen MR) is 98.8 cm³/mol. The van der Waals surface area contributed by atoms with Crippen LogP contribution < -0.4 is 4.74 Å². The lowest BCUT2D eigenvalue weighted by Gasteiger charge is -2.23. The van der Waals surface area contributed by atoms with E-state index in [1.807, 2.05) is 20.8 Å². The summed E-state index contributed by atoms with van der Waals surface area (Å²) in [5, 5.41) is 9.90. The summed E-state index contributed by atoms with van der Waals surface area (Å²) in [5.74, 6) is -0.845. The molecule has 5 nitrogen and oxygen atoms in total. The van der Waals surface area contributed by atoms with Crippen molar-refractivity contribution >= 4 is 11.8 Å². The second-order valence-corrected chi connectivity index (χ2v) is 6.66. The van der Waals surface area contributed by atoms with E-state index in [1.165, 1.54) is 24.3 Å². The van der Waals surface area contributed by atoms with Crippen LogP contribution in [0.1, 0.15) is 47.1 Å². The van der Waals surface area contributed by atoms with E-state index >= 15 is 0 Å². The summed E-state index contributed by atoms with van der Waals surface area (Å²) < 4.78 is 10.8. The number of carbonyl (C=O) groups excluding carboxylic acids is 2. The van der Waals surface area contributed by atoms with Gasteiger partial charge in [-0.05, 0) is 51.1 Å². The summed E-state index contributed by atoms with van der Waals surface area (Å²) in [6, 6.07) is 11.0. The topological polar surface area (TPSA) is 72.8 Å². The largest absolute Gasteiger partial charge is 0.507 e. The minimum absolute atomic E-state index is 0.0126. The van der Waals surface area contributed by atoms with Gasteiger partial charge in [0, 0.05) is 5.56 Å². The molecule has 1 N–H and O–H groups in total. The zero-order valence-corrected chi connectivity index (χ0v) is 15.1. The van der Waals surface area contributed by atoms with Crippen molar-refractivity contribution in [3.05, 3.63) is 71.8 Å². The molecule has 0 heterocycles. The highest BCUT2D eigenvalue weighted by Gasteiger charge is 2.21. The zero-order valence-electron chi connectivity index (χ0n) is 15.1. The number of hydrogen-bond donors (Lipinski definition) is 1. The molecule has 0 radical (unpaired) electrons. The molecule has 0 aliphatic heterocycles. The van der Waals surface area contributed by atoms with Gasteiger partial charge >= 0.3 is 5.97 Å². The van der Waals surface area contributed by atoms with Crippen molar-refractivity contribution in [3.63, 3.8) is 0 Å². The normalized spacial score (nSPS) is 10.9. The Labute approximate surface area is 152 Å². The van der Waals surface area contributed by atoms with Crippen LogP contribution in [0.3, 0.4) is 0 Å². The fourth-order valence-electron chi connectivity index (χ4n) is 2.28. The molecule has 0 atom stereocenters. The molecule has 2 aromatic rings. The molecule has 0 aromatic heterocycles. The number of carbonyl (C=O) groups is 2. The molecule has 0 unspecified atom stereocenters. The minimum Gasteiger partial charge on any atom is -0.507 e. The Bertz CT molecular complexity index is 831. The molecule has 0 fully saturated rings. The SMILES string of the molecule is C=CCOC(=O)c1cc(C(=O)c2ccccc2OC(C)(C)C)ccc1O. The summed E-state index contributed by atoms with van der Waals surface area (Å²) >= 11 is 0. The van der Waals surface area contributed by atoms with E-state index in [9.17, 15) is 14.7 Å². The smallest absolute Gasteiger partial charge is 0.342 e. The van der Waals surface area contributed by atoms with Gasteiger partial charge in [0.25, 0.3) is 0 Å².